The fourth-order valence-corrected chi connectivity index (χ4v) is 1.71. The molecule has 1 atom stereocenters. The molecule has 0 aliphatic carbocycles. The van der Waals surface area contributed by atoms with E-state index in [9.17, 15) is 14.4 Å². The number of aromatic nitrogens is 1. The first kappa shape index (κ1) is 15.7. The number of carboxylic acid groups (broad SMARTS) is 2. The molecule has 8 nitrogen and oxygen atoms in total. The molecule has 0 saturated carbocycles. The summed E-state index contributed by atoms with van der Waals surface area (Å²) >= 11 is 0. The van der Waals surface area contributed by atoms with Gasteiger partial charge in [0.25, 0.3) is 5.91 Å². The number of carbonyl (C=O) groups excluding carboxylic acids is 1. The van der Waals surface area contributed by atoms with Gasteiger partial charge in [-0.3, -0.25) is 9.59 Å². The molecule has 0 saturated heterocycles. The minimum absolute atomic E-state index is 0.192. The number of nitrogens with one attached hydrogen (secondary N) is 1. The van der Waals surface area contributed by atoms with E-state index in [0.29, 0.717) is 17.9 Å². The summed E-state index contributed by atoms with van der Waals surface area (Å²) in [5, 5.41) is 23.5. The largest absolute Gasteiger partial charge is 0.481 e. The van der Waals surface area contributed by atoms with E-state index in [1.165, 1.54) is 0 Å². The van der Waals surface area contributed by atoms with Gasteiger partial charge in [-0.05, 0) is 19.8 Å². The van der Waals surface area contributed by atoms with Crippen LogP contribution in [-0.4, -0.2) is 39.3 Å². The maximum atomic E-state index is 12.0. The highest BCUT2D eigenvalue weighted by Crippen LogP contribution is 2.14. The quantitative estimate of drug-likeness (QED) is 0.668. The average Bonchev–Trinajstić information content (AvgIpc) is 2.74. The van der Waals surface area contributed by atoms with Crippen LogP contribution < -0.4 is 5.32 Å². The van der Waals surface area contributed by atoms with Crippen molar-refractivity contribution in [2.45, 2.75) is 39.2 Å². The van der Waals surface area contributed by atoms with Crippen molar-refractivity contribution in [2.24, 2.45) is 0 Å². The summed E-state index contributed by atoms with van der Waals surface area (Å²) in [5.41, 5.74) is 0.636. The van der Waals surface area contributed by atoms with Gasteiger partial charge in [-0.25, -0.2) is 4.79 Å². The second-order valence-electron chi connectivity index (χ2n) is 4.21. The number of rotatable bonds is 7. The molecular weight excluding hydrogens is 268 g/mol. The van der Waals surface area contributed by atoms with Crippen molar-refractivity contribution in [2.75, 3.05) is 0 Å². The second kappa shape index (κ2) is 6.69. The smallest absolute Gasteiger partial charge is 0.326 e. The normalized spacial score (nSPS) is 11.9. The third-order valence-electron chi connectivity index (χ3n) is 2.75. The van der Waals surface area contributed by atoms with Crippen molar-refractivity contribution in [1.29, 1.82) is 0 Å². The summed E-state index contributed by atoms with van der Waals surface area (Å²) in [4.78, 5) is 33.5. The molecule has 1 amide bonds. The van der Waals surface area contributed by atoms with Gasteiger partial charge in [0.05, 0.1) is 5.69 Å². The Hall–Kier alpha value is -2.38. The Labute approximate surface area is 114 Å². The predicted octanol–water partition coefficient (Wildman–Crippen LogP) is 0.593. The molecule has 0 bridgehead atoms. The summed E-state index contributed by atoms with van der Waals surface area (Å²) in [6.45, 7) is 3.33. The zero-order chi connectivity index (χ0) is 15.3. The van der Waals surface area contributed by atoms with Crippen LogP contribution >= 0.6 is 0 Å². The fraction of sp³-hybridized carbons (Fsp3) is 0.500. The maximum absolute atomic E-state index is 12.0. The van der Waals surface area contributed by atoms with E-state index in [0.717, 1.165) is 0 Å². The molecule has 0 aromatic carbocycles. The van der Waals surface area contributed by atoms with E-state index in [2.05, 4.69) is 10.5 Å². The molecule has 8 heteroatoms. The number of aryl methyl sites for hydroxylation is 2. The van der Waals surface area contributed by atoms with E-state index in [-0.39, 0.29) is 18.4 Å². The molecule has 0 aliphatic heterocycles. The van der Waals surface area contributed by atoms with E-state index in [1.54, 1.807) is 13.8 Å². The molecule has 1 rings (SSSR count). The number of nitrogens with zero attached hydrogens (tertiary/aromatic N) is 1. The van der Waals surface area contributed by atoms with Crippen LogP contribution in [-0.2, 0) is 16.0 Å². The van der Waals surface area contributed by atoms with Gasteiger partial charge in [0.2, 0.25) is 0 Å². The van der Waals surface area contributed by atoms with E-state index >= 15 is 0 Å². The van der Waals surface area contributed by atoms with Gasteiger partial charge in [0, 0.05) is 6.42 Å². The molecule has 1 heterocycles. The van der Waals surface area contributed by atoms with Gasteiger partial charge in [-0.15, -0.1) is 0 Å². The molecule has 0 fully saturated rings. The van der Waals surface area contributed by atoms with Crippen LogP contribution in [0.4, 0.5) is 0 Å². The number of carboxylic acids is 2. The van der Waals surface area contributed by atoms with Crippen molar-refractivity contribution >= 4 is 17.8 Å². The van der Waals surface area contributed by atoms with E-state index in [4.69, 9.17) is 14.7 Å². The van der Waals surface area contributed by atoms with Gasteiger partial charge in [0.15, 0.2) is 0 Å². The molecule has 0 radical (unpaired) electrons. The first-order valence-corrected chi connectivity index (χ1v) is 6.07. The van der Waals surface area contributed by atoms with Crippen LogP contribution in [0.3, 0.4) is 0 Å². The topological polar surface area (TPSA) is 130 Å². The number of aliphatic carboxylic acids is 2. The molecule has 110 valence electrons. The highest BCUT2D eigenvalue weighted by atomic mass is 16.5. The molecule has 0 unspecified atom stereocenters. The van der Waals surface area contributed by atoms with Gasteiger partial charge < -0.3 is 20.1 Å². The number of amides is 1. The first-order valence-electron chi connectivity index (χ1n) is 6.07. The Morgan fingerprint density at radius 3 is 2.50 bits per heavy atom. The Kier molecular flexibility index (Phi) is 5.24. The number of carbonyl (C=O) groups is 3. The van der Waals surface area contributed by atoms with Gasteiger partial charge in [-0.2, -0.15) is 0 Å². The fourth-order valence-electron chi connectivity index (χ4n) is 1.71. The zero-order valence-electron chi connectivity index (χ0n) is 11.2. The Bertz CT molecular complexity index is 522. The van der Waals surface area contributed by atoms with Crippen LogP contribution in [0.2, 0.25) is 0 Å². The Morgan fingerprint density at radius 2 is 2.00 bits per heavy atom. The van der Waals surface area contributed by atoms with Crippen LogP contribution in [0.25, 0.3) is 0 Å². The van der Waals surface area contributed by atoms with Crippen LogP contribution in [0.5, 0.6) is 0 Å². The lowest BCUT2D eigenvalue weighted by Crippen LogP contribution is -2.41. The third kappa shape index (κ3) is 3.81. The van der Waals surface area contributed by atoms with Crippen LogP contribution in [0, 0.1) is 6.92 Å². The lowest BCUT2D eigenvalue weighted by atomic mass is 10.1. The average molecular weight is 284 g/mol. The minimum atomic E-state index is -1.29. The summed E-state index contributed by atoms with van der Waals surface area (Å²) < 4.78 is 4.90. The van der Waals surface area contributed by atoms with Gasteiger partial charge >= 0.3 is 11.9 Å². The molecule has 20 heavy (non-hydrogen) atoms. The highest BCUT2D eigenvalue weighted by Gasteiger charge is 2.25. The lowest BCUT2D eigenvalue weighted by molar-refractivity contribution is -0.140. The predicted molar refractivity (Wildman–Crippen MR) is 66.4 cm³/mol. The summed E-state index contributed by atoms with van der Waals surface area (Å²) in [7, 11) is 0. The molecule has 0 spiro atoms. The van der Waals surface area contributed by atoms with Crippen LogP contribution in [0.15, 0.2) is 4.52 Å². The summed E-state index contributed by atoms with van der Waals surface area (Å²) in [6, 6.07) is -1.27. The van der Waals surface area contributed by atoms with Crippen molar-refractivity contribution < 1.29 is 29.1 Å². The third-order valence-corrected chi connectivity index (χ3v) is 2.75. The van der Waals surface area contributed by atoms with Gasteiger partial charge in [-0.1, -0.05) is 12.1 Å². The van der Waals surface area contributed by atoms with E-state index in [1.807, 2.05) is 0 Å². The minimum Gasteiger partial charge on any atom is -0.481 e. The molecule has 1 aromatic heterocycles. The molecule has 0 aliphatic rings. The monoisotopic (exact) mass is 284 g/mol. The first-order chi connectivity index (χ1) is 9.36. The molecular formula is C12H16N2O6. The molecule has 1 aromatic rings. The van der Waals surface area contributed by atoms with Crippen molar-refractivity contribution in [3.63, 3.8) is 0 Å². The second-order valence-corrected chi connectivity index (χ2v) is 4.21. The maximum Gasteiger partial charge on any atom is 0.326 e. The number of hydrogen-bond donors (Lipinski definition) is 3. The van der Waals surface area contributed by atoms with Crippen LogP contribution in [0.1, 0.15) is 41.6 Å². The van der Waals surface area contributed by atoms with E-state index < -0.39 is 23.9 Å². The summed E-state index contributed by atoms with van der Waals surface area (Å²) in [5.74, 6) is -2.74. The highest BCUT2D eigenvalue weighted by molar-refractivity contribution is 5.98. The van der Waals surface area contributed by atoms with Gasteiger partial charge in [0.1, 0.15) is 17.4 Å². The zero-order valence-corrected chi connectivity index (χ0v) is 11.2. The standard InChI is InChI=1S/C12H16N2O6/c1-3-7-10(6(2)20-14-7)11(17)13-8(12(18)19)4-5-9(15)16/h8H,3-5H2,1-2H3,(H,13,17)(H,15,16)(H,18,19)/t8-/m0/s1. The van der Waals surface area contributed by atoms with Crippen molar-refractivity contribution in [1.82, 2.24) is 10.5 Å². The lowest BCUT2D eigenvalue weighted by Gasteiger charge is -2.13. The SMILES string of the molecule is CCc1noc(C)c1C(=O)N[C@@H](CCC(=O)O)C(=O)O. The Morgan fingerprint density at radius 1 is 1.35 bits per heavy atom. The van der Waals surface area contributed by atoms with Crippen molar-refractivity contribution in [3.8, 4) is 0 Å². The number of hydrogen-bond acceptors (Lipinski definition) is 5. The molecule has 3 N–H and O–H groups in total. The van der Waals surface area contributed by atoms with Crippen molar-refractivity contribution in [3.05, 3.63) is 17.0 Å². The Balaban J connectivity index is 2.82. The summed E-state index contributed by atoms with van der Waals surface area (Å²) in [6.07, 6.45) is -0.0738.